The van der Waals surface area contributed by atoms with Crippen molar-refractivity contribution < 1.29 is 9.84 Å². The molecule has 1 aliphatic carbocycles. The van der Waals surface area contributed by atoms with Gasteiger partial charge in [-0.25, -0.2) is 4.98 Å². The predicted molar refractivity (Wildman–Crippen MR) is 67.0 cm³/mol. The smallest absolute Gasteiger partial charge is 0.122 e. The van der Waals surface area contributed by atoms with Crippen LogP contribution in [0.25, 0.3) is 0 Å². The largest absolute Gasteiger partial charge is 0.396 e. The number of ether oxygens (including phenoxy) is 1. The van der Waals surface area contributed by atoms with Crippen LogP contribution >= 0.6 is 0 Å². The average molecular weight is 251 g/mol. The third kappa shape index (κ3) is 2.18. The fraction of sp³-hybridized carbons (Fsp3) is 0.769. The standard InChI is InChI=1S/C13H21N3O2/c1-15-3-2-14-13(15)8-16-4-5-18-12-7-10(9-17)6-11(12)16/h2-3,10-12,17H,4-9H2,1H3/t10-,11+,12?/m1/s1. The van der Waals surface area contributed by atoms with E-state index in [9.17, 15) is 5.11 Å². The van der Waals surface area contributed by atoms with Gasteiger partial charge in [0.05, 0.1) is 19.3 Å². The number of aromatic nitrogens is 2. The molecule has 0 bridgehead atoms. The van der Waals surface area contributed by atoms with Crippen LogP contribution in [0.2, 0.25) is 0 Å². The molecule has 1 N–H and O–H groups in total. The van der Waals surface area contributed by atoms with Gasteiger partial charge in [0.1, 0.15) is 5.82 Å². The SMILES string of the molecule is Cn1ccnc1CN1CCOC2C[C@H](CO)C[C@@H]21. The minimum absolute atomic E-state index is 0.284. The van der Waals surface area contributed by atoms with Crippen LogP contribution in [-0.2, 0) is 18.3 Å². The van der Waals surface area contributed by atoms with Gasteiger partial charge < -0.3 is 14.4 Å². The molecule has 1 saturated carbocycles. The summed E-state index contributed by atoms with van der Waals surface area (Å²) in [5.74, 6) is 1.50. The number of aliphatic hydroxyl groups is 1. The van der Waals surface area contributed by atoms with Crippen LogP contribution in [-0.4, -0.2) is 51.5 Å². The molecule has 5 heteroatoms. The molecule has 100 valence electrons. The zero-order chi connectivity index (χ0) is 12.5. The van der Waals surface area contributed by atoms with Crippen LogP contribution in [0, 0.1) is 5.92 Å². The number of aryl methyl sites for hydroxylation is 1. The highest BCUT2D eigenvalue weighted by atomic mass is 16.5. The van der Waals surface area contributed by atoms with E-state index in [0.29, 0.717) is 18.1 Å². The number of imidazole rings is 1. The van der Waals surface area contributed by atoms with Crippen LogP contribution < -0.4 is 0 Å². The van der Waals surface area contributed by atoms with Crippen molar-refractivity contribution in [2.75, 3.05) is 19.8 Å². The lowest BCUT2D eigenvalue weighted by Gasteiger charge is -2.37. The van der Waals surface area contributed by atoms with E-state index in [-0.39, 0.29) is 6.61 Å². The molecule has 5 nitrogen and oxygen atoms in total. The summed E-state index contributed by atoms with van der Waals surface area (Å²) < 4.78 is 7.91. The lowest BCUT2D eigenvalue weighted by atomic mass is 10.1. The summed E-state index contributed by atoms with van der Waals surface area (Å²) in [7, 11) is 2.03. The van der Waals surface area contributed by atoms with Crippen molar-refractivity contribution in [3.05, 3.63) is 18.2 Å². The molecule has 0 spiro atoms. The highest BCUT2D eigenvalue weighted by molar-refractivity contribution is 4.97. The van der Waals surface area contributed by atoms with Crippen LogP contribution in [0.15, 0.2) is 12.4 Å². The molecule has 1 unspecified atom stereocenters. The molecule has 0 aromatic carbocycles. The van der Waals surface area contributed by atoms with Gasteiger partial charge in [-0.1, -0.05) is 0 Å². The van der Waals surface area contributed by atoms with E-state index < -0.39 is 0 Å². The van der Waals surface area contributed by atoms with Gasteiger partial charge in [-0.15, -0.1) is 0 Å². The number of hydrogen-bond donors (Lipinski definition) is 1. The van der Waals surface area contributed by atoms with E-state index in [1.807, 2.05) is 19.4 Å². The van der Waals surface area contributed by atoms with Gasteiger partial charge in [0.15, 0.2) is 0 Å². The molecule has 1 aliphatic heterocycles. The first-order valence-electron chi connectivity index (χ1n) is 6.70. The lowest BCUT2D eigenvalue weighted by molar-refractivity contribution is -0.0600. The second kappa shape index (κ2) is 4.99. The van der Waals surface area contributed by atoms with Crippen molar-refractivity contribution in [3.63, 3.8) is 0 Å². The maximum Gasteiger partial charge on any atom is 0.122 e. The summed E-state index contributed by atoms with van der Waals surface area (Å²) in [6.45, 7) is 2.93. The van der Waals surface area contributed by atoms with E-state index in [4.69, 9.17) is 4.74 Å². The van der Waals surface area contributed by atoms with Gasteiger partial charge in [-0.05, 0) is 18.8 Å². The van der Waals surface area contributed by atoms with Gasteiger partial charge >= 0.3 is 0 Å². The van der Waals surface area contributed by atoms with E-state index in [0.717, 1.165) is 38.4 Å². The number of rotatable bonds is 3. The molecule has 0 radical (unpaired) electrons. The number of morpholine rings is 1. The van der Waals surface area contributed by atoms with Crippen LogP contribution in [0.5, 0.6) is 0 Å². The first-order valence-corrected chi connectivity index (χ1v) is 6.70. The number of nitrogens with zero attached hydrogens (tertiary/aromatic N) is 3. The van der Waals surface area contributed by atoms with Crippen molar-refractivity contribution in [3.8, 4) is 0 Å². The highest BCUT2D eigenvalue weighted by Gasteiger charge is 2.40. The van der Waals surface area contributed by atoms with Crippen LogP contribution in [0.1, 0.15) is 18.7 Å². The molecule has 18 heavy (non-hydrogen) atoms. The van der Waals surface area contributed by atoms with Gasteiger partial charge in [-0.3, -0.25) is 4.90 Å². The molecule has 0 amide bonds. The van der Waals surface area contributed by atoms with E-state index in [1.165, 1.54) is 0 Å². The minimum Gasteiger partial charge on any atom is -0.396 e. The first kappa shape index (κ1) is 12.1. The Bertz CT molecular complexity index is 407. The Hall–Kier alpha value is -0.910. The van der Waals surface area contributed by atoms with Crippen LogP contribution in [0.3, 0.4) is 0 Å². The summed E-state index contributed by atoms with van der Waals surface area (Å²) in [4.78, 5) is 6.86. The van der Waals surface area contributed by atoms with E-state index >= 15 is 0 Å². The quantitative estimate of drug-likeness (QED) is 0.844. The number of aliphatic hydroxyl groups excluding tert-OH is 1. The van der Waals surface area contributed by atoms with Crippen LogP contribution in [0.4, 0.5) is 0 Å². The van der Waals surface area contributed by atoms with Gasteiger partial charge in [0.2, 0.25) is 0 Å². The molecule has 3 atom stereocenters. The topological polar surface area (TPSA) is 50.5 Å². The Balaban J connectivity index is 1.70. The van der Waals surface area contributed by atoms with Crippen molar-refractivity contribution in [1.29, 1.82) is 0 Å². The highest BCUT2D eigenvalue weighted by Crippen LogP contribution is 2.34. The lowest BCUT2D eigenvalue weighted by Crippen LogP contribution is -2.48. The fourth-order valence-corrected chi connectivity index (χ4v) is 3.20. The Morgan fingerprint density at radius 2 is 2.39 bits per heavy atom. The third-order valence-electron chi connectivity index (χ3n) is 4.27. The summed E-state index contributed by atoms with van der Waals surface area (Å²) in [5.41, 5.74) is 0. The molecule has 3 rings (SSSR count). The second-order valence-corrected chi connectivity index (χ2v) is 5.42. The second-order valence-electron chi connectivity index (χ2n) is 5.42. The first-order chi connectivity index (χ1) is 8.78. The van der Waals surface area contributed by atoms with Gasteiger partial charge in [-0.2, -0.15) is 0 Å². The molecular weight excluding hydrogens is 230 g/mol. The molecule has 1 aromatic heterocycles. The Morgan fingerprint density at radius 3 is 3.11 bits per heavy atom. The number of fused-ring (bicyclic) bond motifs is 1. The Kier molecular flexibility index (Phi) is 3.37. The fourth-order valence-electron chi connectivity index (χ4n) is 3.20. The summed E-state index contributed by atoms with van der Waals surface area (Å²) >= 11 is 0. The van der Waals surface area contributed by atoms with E-state index in [2.05, 4.69) is 14.5 Å². The maximum atomic E-state index is 9.31. The molecule has 1 saturated heterocycles. The van der Waals surface area contributed by atoms with Crippen molar-refractivity contribution in [1.82, 2.24) is 14.5 Å². The molecule has 1 aromatic rings. The summed E-state index contributed by atoms with van der Waals surface area (Å²) in [6, 6.07) is 0.451. The predicted octanol–water partition coefficient (Wildman–Crippen LogP) is 0.392. The van der Waals surface area contributed by atoms with Gasteiger partial charge in [0.25, 0.3) is 0 Å². The van der Waals surface area contributed by atoms with Gasteiger partial charge in [0, 0.05) is 38.6 Å². The van der Waals surface area contributed by atoms with Crippen molar-refractivity contribution in [2.45, 2.75) is 31.5 Å². The third-order valence-corrected chi connectivity index (χ3v) is 4.27. The Labute approximate surface area is 107 Å². The molecule has 2 aliphatic rings. The molecular formula is C13H21N3O2. The maximum absolute atomic E-state index is 9.31. The molecule has 2 fully saturated rings. The normalized spacial score (nSPS) is 32.7. The number of hydrogen-bond acceptors (Lipinski definition) is 4. The summed E-state index contributed by atoms with van der Waals surface area (Å²) in [5, 5.41) is 9.31. The minimum atomic E-state index is 0.284. The van der Waals surface area contributed by atoms with E-state index in [1.54, 1.807) is 0 Å². The summed E-state index contributed by atoms with van der Waals surface area (Å²) in [6.07, 6.45) is 6.18. The van der Waals surface area contributed by atoms with Crippen molar-refractivity contribution in [2.24, 2.45) is 13.0 Å². The zero-order valence-corrected chi connectivity index (χ0v) is 10.8. The monoisotopic (exact) mass is 251 g/mol. The Morgan fingerprint density at radius 1 is 1.50 bits per heavy atom. The molecule has 2 heterocycles. The average Bonchev–Trinajstić information content (AvgIpc) is 2.96. The zero-order valence-electron chi connectivity index (χ0n) is 10.8. The van der Waals surface area contributed by atoms with Crippen molar-refractivity contribution >= 4 is 0 Å².